The van der Waals surface area contributed by atoms with Crippen molar-refractivity contribution in [3.8, 4) is 0 Å². The minimum Gasteiger partial charge on any atom is -0.326 e. The molecule has 0 aliphatic carbocycles. The fraction of sp³-hybridized carbons (Fsp3) is 1.00. The van der Waals surface area contributed by atoms with E-state index in [1.165, 1.54) is 0 Å². The molecule has 1 heterocycles. The first-order chi connectivity index (χ1) is 7.72. The molecule has 0 bridgehead atoms. The Morgan fingerprint density at radius 3 is 1.47 bits per heavy atom. The van der Waals surface area contributed by atoms with Gasteiger partial charge >= 0.3 is 0 Å². The number of nitrogens with two attached hydrogens (primary N) is 1. The molecule has 1 aliphatic heterocycles. The van der Waals surface area contributed by atoms with Crippen LogP contribution in [0.2, 0.25) is 0 Å². The standard InChI is InChI=1S/C10H21N3.2C2H6/c1-6-10(12-13-10)8(2,3)7-9(4,5)11;2*1-2/h6-7,11H2,1-5H3;2*1-2H3. The summed E-state index contributed by atoms with van der Waals surface area (Å²) >= 11 is 0. The first kappa shape index (κ1) is 18.9. The third-order valence-electron chi connectivity index (χ3n) is 2.82. The Balaban J connectivity index is 0. The van der Waals surface area contributed by atoms with Crippen LogP contribution >= 0.6 is 0 Å². The van der Waals surface area contributed by atoms with Gasteiger partial charge in [-0.2, -0.15) is 10.2 Å². The summed E-state index contributed by atoms with van der Waals surface area (Å²) in [6.45, 7) is 18.6. The average Bonchev–Trinajstić information content (AvgIpc) is 3.01. The van der Waals surface area contributed by atoms with Crippen LogP contribution in [0.3, 0.4) is 0 Å². The van der Waals surface area contributed by atoms with Gasteiger partial charge in [0.25, 0.3) is 0 Å². The molecule has 1 rings (SSSR count). The Hall–Kier alpha value is -0.440. The predicted octanol–water partition coefficient (Wildman–Crippen LogP) is 4.76. The third-order valence-corrected chi connectivity index (χ3v) is 2.82. The Bertz CT molecular complexity index is 218. The molecule has 0 aromatic heterocycles. The smallest absolute Gasteiger partial charge is 0.195 e. The highest BCUT2D eigenvalue weighted by molar-refractivity contribution is 5.05. The molecule has 0 radical (unpaired) electrons. The highest BCUT2D eigenvalue weighted by atomic mass is 15.5. The monoisotopic (exact) mass is 243 g/mol. The largest absolute Gasteiger partial charge is 0.326 e. The first-order valence-corrected chi connectivity index (χ1v) is 6.95. The molecule has 0 spiro atoms. The fourth-order valence-corrected chi connectivity index (χ4v) is 2.23. The molecule has 0 fully saturated rings. The summed E-state index contributed by atoms with van der Waals surface area (Å²) in [7, 11) is 0. The van der Waals surface area contributed by atoms with Gasteiger partial charge in [-0.05, 0) is 26.7 Å². The molecule has 104 valence electrons. The van der Waals surface area contributed by atoms with Crippen molar-refractivity contribution in [3.63, 3.8) is 0 Å². The quantitative estimate of drug-likeness (QED) is 0.760. The Morgan fingerprint density at radius 2 is 1.29 bits per heavy atom. The van der Waals surface area contributed by atoms with Crippen LogP contribution in [0.25, 0.3) is 0 Å². The molecule has 0 amide bonds. The van der Waals surface area contributed by atoms with Crippen molar-refractivity contribution in [2.45, 2.75) is 86.4 Å². The lowest BCUT2D eigenvalue weighted by Gasteiger charge is -2.35. The van der Waals surface area contributed by atoms with Gasteiger partial charge in [0, 0.05) is 11.0 Å². The second-order valence-electron chi connectivity index (χ2n) is 5.42. The lowest BCUT2D eigenvalue weighted by molar-refractivity contribution is 0.175. The van der Waals surface area contributed by atoms with E-state index in [1.807, 2.05) is 27.7 Å². The van der Waals surface area contributed by atoms with Crippen molar-refractivity contribution < 1.29 is 0 Å². The van der Waals surface area contributed by atoms with E-state index < -0.39 is 0 Å². The first-order valence-electron chi connectivity index (χ1n) is 6.95. The van der Waals surface area contributed by atoms with Crippen molar-refractivity contribution in [3.05, 3.63) is 0 Å². The Labute approximate surface area is 108 Å². The maximum Gasteiger partial charge on any atom is 0.195 e. The van der Waals surface area contributed by atoms with Crippen LogP contribution in [0.4, 0.5) is 0 Å². The lowest BCUT2D eigenvalue weighted by atomic mass is 9.72. The minimum atomic E-state index is -0.140. The highest BCUT2D eigenvalue weighted by Gasteiger charge is 2.53. The zero-order valence-corrected chi connectivity index (χ0v) is 13.4. The highest BCUT2D eigenvalue weighted by Crippen LogP contribution is 2.50. The summed E-state index contributed by atoms with van der Waals surface area (Å²) in [6.07, 6.45) is 1.93. The maximum atomic E-state index is 6.02. The average molecular weight is 243 g/mol. The van der Waals surface area contributed by atoms with E-state index in [2.05, 4.69) is 44.8 Å². The molecule has 0 atom stereocenters. The van der Waals surface area contributed by atoms with Crippen LogP contribution in [0.5, 0.6) is 0 Å². The second-order valence-corrected chi connectivity index (χ2v) is 5.42. The van der Waals surface area contributed by atoms with Crippen LogP contribution in [0, 0.1) is 5.41 Å². The van der Waals surface area contributed by atoms with Gasteiger partial charge in [-0.1, -0.05) is 48.5 Å². The normalized spacial score (nSPS) is 16.4. The van der Waals surface area contributed by atoms with Gasteiger partial charge in [0.2, 0.25) is 0 Å². The van der Waals surface area contributed by atoms with Gasteiger partial charge < -0.3 is 5.73 Å². The van der Waals surface area contributed by atoms with E-state index in [0.717, 1.165) is 12.8 Å². The maximum absolute atomic E-state index is 6.02. The molecular formula is C14H33N3. The summed E-state index contributed by atoms with van der Waals surface area (Å²) in [4.78, 5) is 0. The second kappa shape index (κ2) is 7.10. The molecule has 0 aromatic rings. The molecule has 0 aromatic carbocycles. The van der Waals surface area contributed by atoms with Crippen molar-refractivity contribution in [1.82, 2.24) is 0 Å². The zero-order chi connectivity index (χ0) is 14.3. The van der Waals surface area contributed by atoms with Crippen molar-refractivity contribution >= 4 is 0 Å². The third kappa shape index (κ3) is 5.62. The SMILES string of the molecule is CC.CC.CCC1(C(C)(C)CC(C)(C)N)N=N1. The van der Waals surface area contributed by atoms with E-state index in [9.17, 15) is 0 Å². The van der Waals surface area contributed by atoms with E-state index in [4.69, 9.17) is 5.73 Å². The molecular weight excluding hydrogens is 210 g/mol. The van der Waals surface area contributed by atoms with Gasteiger partial charge in [-0.25, -0.2) is 0 Å². The van der Waals surface area contributed by atoms with E-state index >= 15 is 0 Å². The molecule has 1 aliphatic rings. The summed E-state index contributed by atoms with van der Waals surface area (Å²) in [5.74, 6) is 0. The Morgan fingerprint density at radius 1 is 0.941 bits per heavy atom. The van der Waals surface area contributed by atoms with Crippen LogP contribution in [0.15, 0.2) is 10.2 Å². The molecule has 0 saturated carbocycles. The Kier molecular flexibility index (Phi) is 7.89. The molecule has 2 N–H and O–H groups in total. The fourth-order valence-electron chi connectivity index (χ4n) is 2.23. The zero-order valence-electron chi connectivity index (χ0n) is 13.4. The van der Waals surface area contributed by atoms with Crippen molar-refractivity contribution in [2.24, 2.45) is 21.4 Å². The molecule has 0 unspecified atom stereocenters. The molecule has 3 nitrogen and oxygen atoms in total. The van der Waals surface area contributed by atoms with Gasteiger partial charge in [0.05, 0.1) is 0 Å². The predicted molar refractivity (Wildman–Crippen MR) is 77.2 cm³/mol. The number of hydrogen-bond donors (Lipinski definition) is 1. The number of rotatable bonds is 4. The number of nitrogens with zero attached hydrogens (tertiary/aromatic N) is 2. The van der Waals surface area contributed by atoms with E-state index in [0.29, 0.717) is 0 Å². The summed E-state index contributed by atoms with van der Waals surface area (Å²) in [5.41, 5.74) is 5.83. The van der Waals surface area contributed by atoms with Gasteiger partial charge in [-0.3, -0.25) is 0 Å². The van der Waals surface area contributed by atoms with Crippen LogP contribution in [-0.4, -0.2) is 11.2 Å². The lowest BCUT2D eigenvalue weighted by Crippen LogP contribution is -2.43. The van der Waals surface area contributed by atoms with E-state index in [-0.39, 0.29) is 16.6 Å². The van der Waals surface area contributed by atoms with Crippen LogP contribution in [0.1, 0.15) is 75.2 Å². The minimum absolute atomic E-state index is 0.0833. The van der Waals surface area contributed by atoms with Gasteiger partial charge in [0.1, 0.15) is 0 Å². The summed E-state index contributed by atoms with van der Waals surface area (Å²) in [5, 5.41) is 8.36. The van der Waals surface area contributed by atoms with Crippen LogP contribution in [-0.2, 0) is 0 Å². The van der Waals surface area contributed by atoms with Gasteiger partial charge in [-0.15, -0.1) is 0 Å². The van der Waals surface area contributed by atoms with Crippen LogP contribution < -0.4 is 5.73 Å². The summed E-state index contributed by atoms with van der Waals surface area (Å²) < 4.78 is 0. The molecule has 3 heteroatoms. The number of hydrogen-bond acceptors (Lipinski definition) is 3. The molecule has 0 saturated heterocycles. The summed E-state index contributed by atoms with van der Waals surface area (Å²) in [6, 6.07) is 0. The van der Waals surface area contributed by atoms with Crippen molar-refractivity contribution in [1.29, 1.82) is 0 Å². The van der Waals surface area contributed by atoms with E-state index in [1.54, 1.807) is 0 Å². The topological polar surface area (TPSA) is 50.7 Å². The molecule has 17 heavy (non-hydrogen) atoms. The van der Waals surface area contributed by atoms with Crippen molar-refractivity contribution in [2.75, 3.05) is 0 Å². The van der Waals surface area contributed by atoms with Gasteiger partial charge in [0.15, 0.2) is 5.66 Å².